The van der Waals surface area contributed by atoms with E-state index < -0.39 is 8.32 Å². The second kappa shape index (κ2) is 6.92. The highest BCUT2D eigenvalue weighted by Crippen LogP contribution is 2.59. The Balaban J connectivity index is 1.83. The van der Waals surface area contributed by atoms with Crippen molar-refractivity contribution in [1.29, 1.82) is 0 Å². The summed E-state index contributed by atoms with van der Waals surface area (Å²) in [5.41, 5.74) is 3.63. The Morgan fingerprint density at radius 1 is 1.23 bits per heavy atom. The van der Waals surface area contributed by atoms with E-state index in [9.17, 15) is 0 Å². The quantitative estimate of drug-likeness (QED) is 0.463. The smallest absolute Gasteiger partial charge is 0.192 e. The normalized spacial score (nSPS) is 37.7. The van der Waals surface area contributed by atoms with Crippen LogP contribution >= 0.6 is 0 Å². The summed E-state index contributed by atoms with van der Waals surface area (Å²) in [7, 11) is -1.71. The van der Waals surface area contributed by atoms with Crippen LogP contribution in [0.25, 0.3) is 0 Å². The molecule has 1 fully saturated rings. The number of hydrogen-bond donors (Lipinski definition) is 0. The zero-order valence-corrected chi connectivity index (χ0v) is 19.6. The van der Waals surface area contributed by atoms with Crippen molar-refractivity contribution >= 4 is 8.32 Å². The second-order valence-electron chi connectivity index (χ2n) is 11.2. The third kappa shape index (κ3) is 3.41. The Hall–Kier alpha value is -0.343. The molecule has 2 heteroatoms. The van der Waals surface area contributed by atoms with Crippen LogP contribution in [0.2, 0.25) is 18.1 Å². The van der Waals surface area contributed by atoms with Crippen LogP contribution in [0.5, 0.6) is 0 Å². The van der Waals surface area contributed by atoms with Crippen LogP contribution in [-0.2, 0) is 4.43 Å². The molecule has 0 bridgehead atoms. The average molecular weight is 375 g/mol. The Morgan fingerprint density at radius 3 is 2.54 bits per heavy atom. The van der Waals surface area contributed by atoms with Crippen LogP contribution in [0.15, 0.2) is 23.3 Å². The molecule has 3 aliphatic carbocycles. The maximum absolute atomic E-state index is 7.01. The Bertz CT molecular complexity index is 594. The molecule has 0 spiro atoms. The van der Waals surface area contributed by atoms with E-state index in [1.165, 1.54) is 38.5 Å². The third-order valence-electron chi connectivity index (χ3n) is 8.47. The van der Waals surface area contributed by atoms with Gasteiger partial charge in [-0.05, 0) is 85.9 Å². The van der Waals surface area contributed by atoms with Crippen molar-refractivity contribution in [2.24, 2.45) is 23.2 Å². The maximum Gasteiger partial charge on any atom is 0.192 e. The zero-order valence-electron chi connectivity index (χ0n) is 18.6. The van der Waals surface area contributed by atoms with Crippen LogP contribution < -0.4 is 0 Å². The molecule has 0 radical (unpaired) electrons. The monoisotopic (exact) mass is 374 g/mol. The molecule has 0 saturated heterocycles. The lowest BCUT2D eigenvalue weighted by atomic mass is 9.59. The van der Waals surface area contributed by atoms with Gasteiger partial charge in [-0.25, -0.2) is 0 Å². The van der Waals surface area contributed by atoms with Crippen LogP contribution in [0.3, 0.4) is 0 Å². The fourth-order valence-electron chi connectivity index (χ4n) is 5.65. The Morgan fingerprint density at radius 2 is 1.92 bits per heavy atom. The van der Waals surface area contributed by atoms with Gasteiger partial charge in [0.25, 0.3) is 0 Å². The van der Waals surface area contributed by atoms with Gasteiger partial charge in [0, 0.05) is 0 Å². The lowest BCUT2D eigenvalue weighted by Crippen LogP contribution is -2.49. The lowest BCUT2D eigenvalue weighted by molar-refractivity contribution is 0.0263. The summed E-state index contributed by atoms with van der Waals surface area (Å²) in [6, 6.07) is 0. The number of fused-ring (bicyclic) bond motifs is 3. The summed E-state index contributed by atoms with van der Waals surface area (Å²) >= 11 is 0. The molecule has 3 rings (SSSR count). The predicted molar refractivity (Wildman–Crippen MR) is 116 cm³/mol. The fraction of sp³-hybridized carbons (Fsp3) is 0.833. The highest BCUT2D eigenvalue weighted by atomic mass is 28.4. The maximum atomic E-state index is 7.01. The van der Waals surface area contributed by atoms with Gasteiger partial charge in [0.15, 0.2) is 8.32 Å². The summed E-state index contributed by atoms with van der Waals surface area (Å²) in [6.07, 6.45) is 13.5. The van der Waals surface area contributed by atoms with E-state index in [0.29, 0.717) is 16.6 Å². The van der Waals surface area contributed by atoms with E-state index >= 15 is 0 Å². The molecule has 5 atom stereocenters. The van der Waals surface area contributed by atoms with Gasteiger partial charge in [-0.1, -0.05) is 58.8 Å². The molecule has 1 saturated carbocycles. The summed E-state index contributed by atoms with van der Waals surface area (Å²) in [5, 5.41) is 0.300. The first kappa shape index (κ1) is 20.4. The van der Waals surface area contributed by atoms with Crippen molar-refractivity contribution in [2.45, 2.75) is 104 Å². The molecule has 3 aliphatic rings. The average Bonchev–Trinajstić information content (AvgIpc) is 2.84. The van der Waals surface area contributed by atoms with E-state index in [0.717, 1.165) is 17.8 Å². The summed E-state index contributed by atoms with van der Waals surface area (Å²) < 4.78 is 7.01. The molecule has 1 nitrogen and oxygen atoms in total. The van der Waals surface area contributed by atoms with E-state index in [4.69, 9.17) is 4.43 Å². The zero-order chi connectivity index (χ0) is 19.3. The summed E-state index contributed by atoms with van der Waals surface area (Å²) in [6.45, 7) is 19.2. The van der Waals surface area contributed by atoms with Crippen molar-refractivity contribution in [3.05, 3.63) is 23.3 Å². The molecule has 0 unspecified atom stereocenters. The fourth-order valence-corrected chi connectivity index (χ4v) is 7.11. The van der Waals surface area contributed by atoms with E-state index in [1.54, 1.807) is 11.1 Å². The van der Waals surface area contributed by atoms with Crippen molar-refractivity contribution in [1.82, 2.24) is 0 Å². The minimum atomic E-state index is -1.71. The molecular weight excluding hydrogens is 332 g/mol. The Labute approximate surface area is 163 Å². The number of rotatable bonds is 4. The van der Waals surface area contributed by atoms with Crippen molar-refractivity contribution < 1.29 is 4.43 Å². The van der Waals surface area contributed by atoms with Gasteiger partial charge in [0.2, 0.25) is 0 Å². The molecule has 148 valence electrons. The van der Waals surface area contributed by atoms with E-state index in [2.05, 4.69) is 66.8 Å². The van der Waals surface area contributed by atoms with Crippen LogP contribution in [0, 0.1) is 23.2 Å². The summed E-state index contributed by atoms with van der Waals surface area (Å²) in [4.78, 5) is 0. The molecule has 0 aromatic carbocycles. The van der Waals surface area contributed by atoms with Gasteiger partial charge in [-0.15, -0.1) is 0 Å². The molecular formula is C24H42OSi. The molecule has 0 aliphatic heterocycles. The summed E-state index contributed by atoms with van der Waals surface area (Å²) in [5.74, 6) is 2.41. The van der Waals surface area contributed by atoms with Crippen LogP contribution in [0.4, 0.5) is 0 Å². The van der Waals surface area contributed by atoms with Gasteiger partial charge in [-0.3, -0.25) is 0 Å². The van der Waals surface area contributed by atoms with E-state index in [1.807, 2.05) is 0 Å². The van der Waals surface area contributed by atoms with Crippen molar-refractivity contribution in [3.63, 3.8) is 0 Å². The van der Waals surface area contributed by atoms with Gasteiger partial charge < -0.3 is 4.43 Å². The highest BCUT2D eigenvalue weighted by molar-refractivity contribution is 6.74. The number of hydrogen-bond acceptors (Lipinski definition) is 1. The van der Waals surface area contributed by atoms with Crippen LogP contribution in [0.1, 0.15) is 80.1 Å². The first-order valence-corrected chi connectivity index (χ1v) is 14.0. The second-order valence-corrected chi connectivity index (χ2v) is 15.9. The molecule has 26 heavy (non-hydrogen) atoms. The van der Waals surface area contributed by atoms with Crippen molar-refractivity contribution in [2.75, 3.05) is 0 Å². The predicted octanol–water partition coefficient (Wildman–Crippen LogP) is 7.51. The van der Waals surface area contributed by atoms with Crippen molar-refractivity contribution in [3.8, 4) is 0 Å². The Kier molecular flexibility index (Phi) is 5.43. The molecule has 0 N–H and O–H groups in total. The minimum absolute atomic E-state index is 0.300. The topological polar surface area (TPSA) is 9.23 Å². The largest absolute Gasteiger partial charge is 0.413 e. The first-order chi connectivity index (χ1) is 12.0. The first-order valence-electron chi connectivity index (χ1n) is 11.1. The van der Waals surface area contributed by atoms with Gasteiger partial charge >= 0.3 is 0 Å². The molecule has 0 aromatic rings. The lowest BCUT2D eigenvalue weighted by Gasteiger charge is -2.49. The minimum Gasteiger partial charge on any atom is -0.413 e. The third-order valence-corrected chi connectivity index (χ3v) is 13.0. The van der Waals surface area contributed by atoms with Gasteiger partial charge in [-0.2, -0.15) is 0 Å². The van der Waals surface area contributed by atoms with E-state index in [-0.39, 0.29) is 0 Å². The van der Waals surface area contributed by atoms with Crippen LogP contribution in [-0.4, -0.2) is 14.4 Å². The molecule has 0 heterocycles. The van der Waals surface area contributed by atoms with Gasteiger partial charge in [0.1, 0.15) is 0 Å². The SMILES string of the molecule is CCC[C@H]1C[C@@H]2C(=CC[C@]3(C)[C@@H](O[Si](C)(C)C(C)(C)C)CC[C@@H]23)C=C1C. The standard InChI is InChI=1S/C24H42OSi/c1-9-10-18-16-20-19(15-17(18)2)13-14-24(6)21(20)11-12-22(24)25-26(7,8)23(3,4)5/h13,15,18,20-22H,9-12,14,16H2,1-8H3/t18-,20+,21-,22-,24-/m0/s1. The molecule has 0 amide bonds. The highest BCUT2D eigenvalue weighted by Gasteiger charge is 2.54. The molecule has 0 aromatic heterocycles. The number of allylic oxidation sites excluding steroid dienone is 4. The van der Waals surface area contributed by atoms with Gasteiger partial charge in [0.05, 0.1) is 6.10 Å².